The van der Waals surface area contributed by atoms with Crippen LogP contribution < -0.4 is 5.32 Å². The van der Waals surface area contributed by atoms with Crippen LogP contribution in [0, 0.1) is 5.82 Å². The van der Waals surface area contributed by atoms with E-state index in [1.807, 2.05) is 25.2 Å². The van der Waals surface area contributed by atoms with E-state index in [0.717, 1.165) is 29.8 Å². The predicted octanol–water partition coefficient (Wildman–Crippen LogP) is 3.99. The highest BCUT2D eigenvalue weighted by molar-refractivity contribution is 6.04. The molecule has 28 heavy (non-hydrogen) atoms. The molecule has 0 aliphatic carbocycles. The normalized spacial score (nSPS) is 15.1. The van der Waals surface area contributed by atoms with Crippen LogP contribution in [0.3, 0.4) is 0 Å². The van der Waals surface area contributed by atoms with Crippen LogP contribution in [0.5, 0.6) is 0 Å². The number of rotatable bonds is 5. The summed E-state index contributed by atoms with van der Waals surface area (Å²) >= 11 is 0. The van der Waals surface area contributed by atoms with Crippen molar-refractivity contribution in [2.75, 3.05) is 25.0 Å². The SMILES string of the molecule is Cn1c(CCN2CCCCC2)nc2cc(NC(=O)c3ccc(F)cc3)ccc21. The summed E-state index contributed by atoms with van der Waals surface area (Å²) in [7, 11) is 2.04. The average molecular weight is 380 g/mol. The Morgan fingerprint density at radius 3 is 2.61 bits per heavy atom. The van der Waals surface area contributed by atoms with Gasteiger partial charge in [0.05, 0.1) is 11.0 Å². The number of amides is 1. The van der Waals surface area contributed by atoms with Crippen LogP contribution in [0.4, 0.5) is 10.1 Å². The van der Waals surface area contributed by atoms with Crippen LogP contribution >= 0.6 is 0 Å². The molecule has 3 aromatic rings. The zero-order chi connectivity index (χ0) is 19.5. The molecule has 2 aromatic carbocycles. The van der Waals surface area contributed by atoms with Gasteiger partial charge in [-0.15, -0.1) is 0 Å². The molecule has 1 amide bonds. The topological polar surface area (TPSA) is 50.2 Å². The number of fused-ring (bicyclic) bond motifs is 1. The van der Waals surface area contributed by atoms with Gasteiger partial charge < -0.3 is 14.8 Å². The van der Waals surface area contributed by atoms with Crippen LogP contribution in [0.15, 0.2) is 42.5 Å². The number of carbonyl (C=O) groups excluding carboxylic acids is 1. The van der Waals surface area contributed by atoms with Crippen molar-refractivity contribution in [1.82, 2.24) is 14.5 Å². The first-order valence-corrected chi connectivity index (χ1v) is 9.85. The number of carbonyl (C=O) groups is 1. The number of anilines is 1. The van der Waals surface area contributed by atoms with Gasteiger partial charge in [0.25, 0.3) is 5.91 Å². The van der Waals surface area contributed by atoms with Gasteiger partial charge in [-0.3, -0.25) is 4.79 Å². The van der Waals surface area contributed by atoms with Gasteiger partial charge in [-0.2, -0.15) is 0 Å². The summed E-state index contributed by atoms with van der Waals surface area (Å²) in [5.41, 5.74) is 3.02. The second kappa shape index (κ2) is 8.10. The third-order valence-electron chi connectivity index (χ3n) is 5.44. The van der Waals surface area contributed by atoms with Crippen LogP contribution in [-0.4, -0.2) is 40.0 Å². The molecule has 1 N–H and O–H groups in total. The Labute approximate surface area is 164 Å². The Morgan fingerprint density at radius 1 is 1.11 bits per heavy atom. The molecule has 5 nitrogen and oxygen atoms in total. The number of imidazole rings is 1. The van der Waals surface area contributed by atoms with E-state index in [1.165, 1.54) is 56.6 Å². The van der Waals surface area contributed by atoms with Gasteiger partial charge in [0.1, 0.15) is 11.6 Å². The van der Waals surface area contributed by atoms with Gasteiger partial charge in [-0.1, -0.05) is 6.42 Å². The molecular formula is C22H25FN4O. The minimum atomic E-state index is -0.358. The third-order valence-corrected chi connectivity index (χ3v) is 5.44. The smallest absolute Gasteiger partial charge is 0.255 e. The van der Waals surface area contributed by atoms with Gasteiger partial charge in [0, 0.05) is 31.3 Å². The lowest BCUT2D eigenvalue weighted by Gasteiger charge is -2.26. The molecule has 0 saturated carbocycles. The number of nitrogens with one attached hydrogen (secondary N) is 1. The summed E-state index contributed by atoms with van der Waals surface area (Å²) in [6, 6.07) is 11.3. The minimum absolute atomic E-state index is 0.263. The Balaban J connectivity index is 1.47. The monoisotopic (exact) mass is 380 g/mol. The average Bonchev–Trinajstić information content (AvgIpc) is 3.03. The van der Waals surface area contributed by atoms with Crippen molar-refractivity contribution in [3.8, 4) is 0 Å². The largest absolute Gasteiger partial charge is 0.331 e. The first kappa shape index (κ1) is 18.6. The van der Waals surface area contributed by atoms with Crippen molar-refractivity contribution in [2.45, 2.75) is 25.7 Å². The Morgan fingerprint density at radius 2 is 1.86 bits per heavy atom. The van der Waals surface area contributed by atoms with Crippen LogP contribution in [0.1, 0.15) is 35.4 Å². The van der Waals surface area contributed by atoms with E-state index >= 15 is 0 Å². The van der Waals surface area contributed by atoms with Crippen molar-refractivity contribution in [1.29, 1.82) is 0 Å². The maximum atomic E-state index is 13.0. The van der Waals surface area contributed by atoms with Gasteiger partial charge in [0.2, 0.25) is 0 Å². The van der Waals surface area contributed by atoms with E-state index in [1.54, 1.807) is 0 Å². The molecule has 146 valence electrons. The summed E-state index contributed by atoms with van der Waals surface area (Å²) in [6.45, 7) is 3.40. The lowest BCUT2D eigenvalue weighted by atomic mass is 10.1. The van der Waals surface area contributed by atoms with E-state index in [-0.39, 0.29) is 11.7 Å². The molecular weight excluding hydrogens is 355 g/mol. The van der Waals surface area contributed by atoms with E-state index in [2.05, 4.69) is 14.8 Å². The number of nitrogens with zero attached hydrogens (tertiary/aromatic N) is 3. The highest BCUT2D eigenvalue weighted by Crippen LogP contribution is 2.21. The molecule has 6 heteroatoms. The molecule has 0 unspecified atom stereocenters. The number of hydrogen-bond donors (Lipinski definition) is 1. The molecule has 1 aliphatic heterocycles. The van der Waals surface area contributed by atoms with Gasteiger partial charge in [0.15, 0.2) is 0 Å². The Hall–Kier alpha value is -2.73. The Bertz CT molecular complexity index is 974. The highest BCUT2D eigenvalue weighted by atomic mass is 19.1. The van der Waals surface area contributed by atoms with Crippen LogP contribution in [0.25, 0.3) is 11.0 Å². The van der Waals surface area contributed by atoms with E-state index in [4.69, 9.17) is 4.98 Å². The minimum Gasteiger partial charge on any atom is -0.331 e. The predicted molar refractivity (Wildman–Crippen MR) is 109 cm³/mol. The lowest BCUT2D eigenvalue weighted by Crippen LogP contribution is -2.31. The first-order chi connectivity index (χ1) is 13.6. The fourth-order valence-corrected chi connectivity index (χ4v) is 3.80. The van der Waals surface area contributed by atoms with Crippen molar-refractivity contribution >= 4 is 22.6 Å². The van der Waals surface area contributed by atoms with E-state index in [9.17, 15) is 9.18 Å². The van der Waals surface area contributed by atoms with Crippen molar-refractivity contribution in [2.24, 2.45) is 7.05 Å². The molecule has 1 aliphatic rings. The quantitative estimate of drug-likeness (QED) is 0.728. The summed E-state index contributed by atoms with van der Waals surface area (Å²) in [6.07, 6.45) is 4.84. The van der Waals surface area contributed by atoms with Crippen LogP contribution in [0.2, 0.25) is 0 Å². The fourth-order valence-electron chi connectivity index (χ4n) is 3.80. The molecule has 1 aromatic heterocycles. The molecule has 0 spiro atoms. The standard InChI is InChI=1S/C22H25FN4O/c1-26-20-10-9-18(24-22(28)16-5-7-17(23)8-6-16)15-19(20)25-21(26)11-14-27-12-3-2-4-13-27/h5-10,15H,2-4,11-14H2,1H3,(H,24,28). The number of halogens is 1. The first-order valence-electron chi connectivity index (χ1n) is 9.85. The summed E-state index contributed by atoms with van der Waals surface area (Å²) < 4.78 is 15.2. The number of benzene rings is 2. The molecule has 1 fully saturated rings. The molecule has 0 radical (unpaired) electrons. The number of aromatic nitrogens is 2. The molecule has 2 heterocycles. The molecule has 4 rings (SSSR count). The van der Waals surface area contributed by atoms with Crippen molar-refractivity contribution in [3.63, 3.8) is 0 Å². The molecule has 1 saturated heterocycles. The van der Waals surface area contributed by atoms with E-state index < -0.39 is 0 Å². The lowest BCUT2D eigenvalue weighted by molar-refractivity contribution is 0.102. The highest BCUT2D eigenvalue weighted by Gasteiger charge is 2.14. The second-order valence-electron chi connectivity index (χ2n) is 7.40. The Kier molecular flexibility index (Phi) is 5.39. The fraction of sp³-hybridized carbons (Fsp3) is 0.364. The molecule has 0 atom stereocenters. The maximum absolute atomic E-state index is 13.0. The maximum Gasteiger partial charge on any atom is 0.255 e. The number of hydrogen-bond acceptors (Lipinski definition) is 3. The number of likely N-dealkylation sites (tertiary alicyclic amines) is 1. The van der Waals surface area contributed by atoms with Gasteiger partial charge >= 0.3 is 0 Å². The van der Waals surface area contributed by atoms with Crippen molar-refractivity contribution < 1.29 is 9.18 Å². The number of piperidine rings is 1. The number of aryl methyl sites for hydroxylation is 1. The van der Waals surface area contributed by atoms with E-state index in [0.29, 0.717) is 11.3 Å². The summed E-state index contributed by atoms with van der Waals surface area (Å²) in [4.78, 5) is 19.6. The second-order valence-corrected chi connectivity index (χ2v) is 7.40. The zero-order valence-corrected chi connectivity index (χ0v) is 16.1. The summed E-state index contributed by atoms with van der Waals surface area (Å²) in [5, 5.41) is 2.86. The molecule has 0 bridgehead atoms. The zero-order valence-electron chi connectivity index (χ0n) is 16.1. The van der Waals surface area contributed by atoms with Crippen molar-refractivity contribution in [3.05, 3.63) is 59.7 Å². The van der Waals surface area contributed by atoms with Gasteiger partial charge in [-0.05, 0) is 68.4 Å². The van der Waals surface area contributed by atoms with Crippen LogP contribution in [-0.2, 0) is 13.5 Å². The third kappa shape index (κ3) is 4.07. The van der Waals surface area contributed by atoms with Gasteiger partial charge in [-0.25, -0.2) is 9.37 Å². The summed E-state index contributed by atoms with van der Waals surface area (Å²) in [5.74, 6) is 0.437.